The van der Waals surface area contributed by atoms with Crippen LogP contribution < -0.4 is 5.32 Å². The molecule has 4 aliphatic rings. The lowest BCUT2D eigenvalue weighted by Crippen LogP contribution is -2.40. The molecule has 4 bridgehead atoms. The molecule has 2 atom stereocenters. The van der Waals surface area contributed by atoms with Crippen molar-refractivity contribution in [2.45, 2.75) is 32.1 Å². The molecule has 3 nitrogen and oxygen atoms in total. The smallest absolute Gasteiger partial charge is 0.408 e. The molecule has 2 N–H and O–H groups in total. The van der Waals surface area contributed by atoms with E-state index in [-0.39, 0.29) is 0 Å². The van der Waals surface area contributed by atoms with Crippen molar-refractivity contribution in [2.24, 2.45) is 17.8 Å². The Hall–Kier alpha value is -0.990. The van der Waals surface area contributed by atoms with E-state index in [0.717, 1.165) is 30.4 Å². The van der Waals surface area contributed by atoms with Crippen molar-refractivity contribution in [3.63, 3.8) is 0 Å². The number of hydrogen-bond acceptors (Lipinski definition) is 1. The Morgan fingerprint density at radius 2 is 1.86 bits per heavy atom. The Morgan fingerprint density at radius 3 is 2.36 bits per heavy atom. The van der Waals surface area contributed by atoms with Crippen LogP contribution in [0, 0.1) is 17.8 Å². The molecule has 0 spiro atoms. The minimum Gasteiger partial charge on any atom is -0.465 e. The molecule has 0 aliphatic heterocycles. The SMILES string of the molecule is O=C(O)NC1=C2CC3CC(C2)CC1C3. The lowest BCUT2D eigenvalue weighted by atomic mass is 9.60. The maximum Gasteiger partial charge on any atom is 0.408 e. The molecule has 2 unspecified atom stereocenters. The van der Waals surface area contributed by atoms with Gasteiger partial charge in [-0.2, -0.15) is 0 Å². The number of allylic oxidation sites excluding steroid dienone is 2. The van der Waals surface area contributed by atoms with Crippen molar-refractivity contribution in [1.82, 2.24) is 5.32 Å². The van der Waals surface area contributed by atoms with E-state index in [0.29, 0.717) is 5.92 Å². The van der Waals surface area contributed by atoms with Crippen LogP contribution in [0.3, 0.4) is 0 Å². The summed E-state index contributed by atoms with van der Waals surface area (Å²) in [6, 6.07) is 0. The van der Waals surface area contributed by atoms with Crippen LogP contribution in [-0.2, 0) is 0 Å². The minimum atomic E-state index is -0.889. The number of amides is 1. The third-order valence-electron chi connectivity index (χ3n) is 4.00. The molecule has 2 fully saturated rings. The van der Waals surface area contributed by atoms with Crippen LogP contribution in [0.1, 0.15) is 32.1 Å². The molecule has 0 aromatic carbocycles. The highest BCUT2D eigenvalue weighted by atomic mass is 16.4. The first-order valence-electron chi connectivity index (χ1n) is 5.44. The van der Waals surface area contributed by atoms with Crippen molar-refractivity contribution < 1.29 is 9.90 Å². The normalized spacial score (nSPS) is 39.0. The topological polar surface area (TPSA) is 49.3 Å². The maximum absolute atomic E-state index is 10.6. The number of rotatable bonds is 1. The van der Waals surface area contributed by atoms with Crippen LogP contribution in [0.15, 0.2) is 11.3 Å². The molecule has 4 rings (SSSR count). The molecule has 3 heteroatoms. The van der Waals surface area contributed by atoms with Gasteiger partial charge in [-0.15, -0.1) is 0 Å². The standard InChI is InChI=1S/C11H15NO2/c13-11(14)12-10-8-2-6-1-7(4-8)5-9(10)3-6/h6-8,12H,1-5H2,(H,13,14). The van der Waals surface area contributed by atoms with Gasteiger partial charge in [0.2, 0.25) is 0 Å². The molecular weight excluding hydrogens is 178 g/mol. The molecule has 2 saturated carbocycles. The largest absolute Gasteiger partial charge is 0.465 e. The molecule has 4 aliphatic carbocycles. The van der Waals surface area contributed by atoms with Crippen LogP contribution in [0.5, 0.6) is 0 Å². The highest BCUT2D eigenvalue weighted by Gasteiger charge is 2.42. The number of nitrogens with one attached hydrogen (secondary N) is 1. The second kappa shape index (κ2) is 2.75. The number of carbonyl (C=O) groups is 1. The number of hydrogen-bond donors (Lipinski definition) is 2. The minimum absolute atomic E-state index is 0.535. The van der Waals surface area contributed by atoms with Gasteiger partial charge in [0.25, 0.3) is 0 Å². The summed E-state index contributed by atoms with van der Waals surface area (Å²) in [5, 5.41) is 11.4. The van der Waals surface area contributed by atoms with Gasteiger partial charge in [0.15, 0.2) is 0 Å². The third kappa shape index (κ3) is 1.15. The summed E-state index contributed by atoms with van der Waals surface area (Å²) in [5.74, 6) is 2.26. The van der Waals surface area contributed by atoms with Gasteiger partial charge in [-0.3, -0.25) is 5.32 Å². The summed E-state index contributed by atoms with van der Waals surface area (Å²) >= 11 is 0. The van der Waals surface area contributed by atoms with Gasteiger partial charge in [0.05, 0.1) is 0 Å². The van der Waals surface area contributed by atoms with Gasteiger partial charge in [-0.1, -0.05) is 0 Å². The van der Waals surface area contributed by atoms with E-state index >= 15 is 0 Å². The predicted molar refractivity (Wildman–Crippen MR) is 51.7 cm³/mol. The molecule has 0 aromatic heterocycles. The van der Waals surface area contributed by atoms with E-state index in [2.05, 4.69) is 5.32 Å². The second-order valence-corrected chi connectivity index (χ2v) is 4.99. The van der Waals surface area contributed by atoms with E-state index in [1.54, 1.807) is 0 Å². The molecule has 14 heavy (non-hydrogen) atoms. The molecule has 0 aromatic rings. The van der Waals surface area contributed by atoms with Gasteiger partial charge in [0, 0.05) is 5.70 Å². The van der Waals surface area contributed by atoms with E-state index < -0.39 is 6.09 Å². The van der Waals surface area contributed by atoms with Gasteiger partial charge in [-0.25, -0.2) is 4.79 Å². The summed E-state index contributed by atoms with van der Waals surface area (Å²) in [4.78, 5) is 10.6. The maximum atomic E-state index is 10.6. The molecule has 0 radical (unpaired) electrons. The molecule has 0 heterocycles. The summed E-state index contributed by atoms with van der Waals surface area (Å²) in [6.07, 6.45) is 5.25. The molecular formula is C11H15NO2. The quantitative estimate of drug-likeness (QED) is 0.671. The summed E-state index contributed by atoms with van der Waals surface area (Å²) in [6.45, 7) is 0. The summed E-state index contributed by atoms with van der Waals surface area (Å²) in [7, 11) is 0. The van der Waals surface area contributed by atoms with E-state index in [1.165, 1.54) is 24.8 Å². The fraction of sp³-hybridized carbons (Fsp3) is 0.727. The molecule has 1 amide bonds. The molecule has 76 valence electrons. The Morgan fingerprint density at radius 1 is 1.21 bits per heavy atom. The van der Waals surface area contributed by atoms with Crippen molar-refractivity contribution in [1.29, 1.82) is 0 Å². The monoisotopic (exact) mass is 193 g/mol. The lowest BCUT2D eigenvalue weighted by Gasteiger charge is -2.47. The first-order chi connectivity index (χ1) is 6.72. The molecule has 0 saturated heterocycles. The van der Waals surface area contributed by atoms with E-state index in [9.17, 15) is 4.79 Å². The fourth-order valence-electron chi connectivity index (χ4n) is 3.73. The van der Waals surface area contributed by atoms with Crippen molar-refractivity contribution in [3.8, 4) is 0 Å². The van der Waals surface area contributed by atoms with Gasteiger partial charge >= 0.3 is 6.09 Å². The van der Waals surface area contributed by atoms with Crippen LogP contribution in [0.25, 0.3) is 0 Å². The van der Waals surface area contributed by atoms with Crippen LogP contribution in [-0.4, -0.2) is 11.2 Å². The first kappa shape index (κ1) is 8.33. The number of carboxylic acid groups (broad SMARTS) is 1. The Balaban J connectivity index is 1.92. The van der Waals surface area contributed by atoms with Crippen LogP contribution in [0.2, 0.25) is 0 Å². The zero-order valence-electron chi connectivity index (χ0n) is 8.12. The van der Waals surface area contributed by atoms with Gasteiger partial charge in [0.1, 0.15) is 0 Å². The van der Waals surface area contributed by atoms with E-state index in [1.807, 2.05) is 0 Å². The van der Waals surface area contributed by atoms with E-state index in [4.69, 9.17) is 5.11 Å². The van der Waals surface area contributed by atoms with Crippen LogP contribution in [0.4, 0.5) is 4.79 Å². The highest BCUT2D eigenvalue weighted by Crippen LogP contribution is 2.52. The Bertz CT molecular complexity index is 305. The third-order valence-corrected chi connectivity index (χ3v) is 4.00. The Kier molecular flexibility index (Phi) is 1.64. The predicted octanol–water partition coefficient (Wildman–Crippen LogP) is 2.35. The van der Waals surface area contributed by atoms with Gasteiger partial charge < -0.3 is 5.11 Å². The lowest BCUT2D eigenvalue weighted by molar-refractivity contribution is 0.145. The van der Waals surface area contributed by atoms with Crippen molar-refractivity contribution >= 4 is 6.09 Å². The summed E-state index contributed by atoms with van der Waals surface area (Å²) < 4.78 is 0. The van der Waals surface area contributed by atoms with Crippen molar-refractivity contribution in [2.75, 3.05) is 0 Å². The average Bonchev–Trinajstić information content (AvgIpc) is 2.09. The van der Waals surface area contributed by atoms with Crippen molar-refractivity contribution in [3.05, 3.63) is 11.3 Å². The Labute approximate surface area is 83.2 Å². The summed E-state index contributed by atoms with van der Waals surface area (Å²) in [5.41, 5.74) is 2.47. The second-order valence-electron chi connectivity index (χ2n) is 4.99. The highest BCUT2D eigenvalue weighted by molar-refractivity contribution is 5.67. The zero-order chi connectivity index (χ0) is 9.71. The average molecular weight is 193 g/mol. The van der Waals surface area contributed by atoms with Gasteiger partial charge in [-0.05, 0) is 55.4 Å². The fourth-order valence-corrected chi connectivity index (χ4v) is 3.73. The first-order valence-corrected chi connectivity index (χ1v) is 5.44. The van der Waals surface area contributed by atoms with Crippen LogP contribution >= 0.6 is 0 Å². The zero-order valence-corrected chi connectivity index (χ0v) is 8.12.